The first-order valence-electron chi connectivity index (χ1n) is 7.09. The summed E-state index contributed by atoms with van der Waals surface area (Å²) in [5.41, 5.74) is 8.20. The molecule has 2 rings (SSSR count). The van der Waals surface area contributed by atoms with Gasteiger partial charge >= 0.3 is 0 Å². The second kappa shape index (κ2) is 7.41. The molecule has 0 bridgehead atoms. The van der Waals surface area contributed by atoms with Crippen LogP contribution in [0.2, 0.25) is 0 Å². The summed E-state index contributed by atoms with van der Waals surface area (Å²) in [6.07, 6.45) is 2.23. The Morgan fingerprint density at radius 1 is 1.19 bits per heavy atom. The number of aromatic nitrogens is 1. The Bertz CT molecular complexity index is 575. The van der Waals surface area contributed by atoms with Crippen LogP contribution in [0.5, 0.6) is 0 Å². The first kappa shape index (κ1) is 15.0. The quantitative estimate of drug-likeness (QED) is 0.883. The highest BCUT2D eigenvalue weighted by molar-refractivity contribution is 5.48. The van der Waals surface area contributed by atoms with Crippen molar-refractivity contribution >= 4 is 5.69 Å². The molecule has 0 saturated carbocycles. The monoisotopic (exact) mass is 280 g/mol. The predicted molar refractivity (Wildman–Crippen MR) is 84.6 cm³/mol. The fourth-order valence-corrected chi connectivity index (χ4v) is 2.48. The Balaban J connectivity index is 2.39. The van der Waals surface area contributed by atoms with Crippen LogP contribution >= 0.6 is 0 Å². The summed E-state index contributed by atoms with van der Waals surface area (Å²) >= 11 is 0. The van der Waals surface area contributed by atoms with E-state index in [0.29, 0.717) is 13.0 Å². The summed E-state index contributed by atoms with van der Waals surface area (Å²) < 4.78 is 0. The molecule has 2 unspecified atom stereocenters. The van der Waals surface area contributed by atoms with E-state index in [-0.39, 0.29) is 12.1 Å². The Hall–Kier alpha value is -2.38. The van der Waals surface area contributed by atoms with Crippen molar-refractivity contribution in [2.75, 3.05) is 11.4 Å². The molecule has 4 heteroatoms. The zero-order valence-electron chi connectivity index (χ0n) is 12.2. The maximum atomic E-state index is 8.93. The minimum atomic E-state index is -0.0983. The number of nitrogens with zero attached hydrogens (tertiary/aromatic N) is 3. The maximum absolute atomic E-state index is 8.93. The van der Waals surface area contributed by atoms with Gasteiger partial charge in [0.05, 0.1) is 24.2 Å². The van der Waals surface area contributed by atoms with E-state index < -0.39 is 0 Å². The predicted octanol–water partition coefficient (Wildman–Crippen LogP) is 2.89. The zero-order chi connectivity index (χ0) is 15.1. The van der Waals surface area contributed by atoms with Gasteiger partial charge in [-0.15, -0.1) is 0 Å². The molecule has 0 radical (unpaired) electrons. The van der Waals surface area contributed by atoms with Gasteiger partial charge in [0, 0.05) is 24.5 Å². The minimum Gasteiger partial charge on any atom is -0.360 e. The van der Waals surface area contributed by atoms with Crippen LogP contribution < -0.4 is 10.6 Å². The zero-order valence-corrected chi connectivity index (χ0v) is 12.2. The number of nitriles is 1. The molecule has 2 N–H and O–H groups in total. The highest BCUT2D eigenvalue weighted by Crippen LogP contribution is 2.28. The van der Waals surface area contributed by atoms with Gasteiger partial charge in [-0.25, -0.2) is 0 Å². The molecule has 1 heterocycles. The average molecular weight is 280 g/mol. The molecule has 0 spiro atoms. The number of nitrogens with two attached hydrogens (primary N) is 1. The highest BCUT2D eigenvalue weighted by atomic mass is 15.2. The van der Waals surface area contributed by atoms with Gasteiger partial charge in [0.1, 0.15) is 0 Å². The van der Waals surface area contributed by atoms with Gasteiger partial charge in [-0.05, 0) is 31.2 Å². The van der Waals surface area contributed by atoms with Crippen LogP contribution in [0.25, 0.3) is 0 Å². The van der Waals surface area contributed by atoms with E-state index in [9.17, 15) is 0 Å². The number of rotatable bonds is 6. The van der Waals surface area contributed by atoms with Gasteiger partial charge in [0.2, 0.25) is 0 Å². The smallest absolute Gasteiger partial charge is 0.0861 e. The molecule has 0 saturated heterocycles. The summed E-state index contributed by atoms with van der Waals surface area (Å²) in [4.78, 5) is 6.61. The van der Waals surface area contributed by atoms with Crippen LogP contribution in [0, 0.1) is 11.3 Å². The molecule has 1 aromatic carbocycles. The lowest BCUT2D eigenvalue weighted by Crippen LogP contribution is -2.40. The van der Waals surface area contributed by atoms with E-state index in [1.807, 2.05) is 55.5 Å². The Labute approximate surface area is 125 Å². The van der Waals surface area contributed by atoms with Crippen LogP contribution in [-0.4, -0.2) is 17.6 Å². The Kier molecular flexibility index (Phi) is 5.30. The molecule has 1 aromatic heterocycles. The molecule has 2 atom stereocenters. The normalized spacial score (nSPS) is 13.2. The van der Waals surface area contributed by atoms with Gasteiger partial charge < -0.3 is 10.6 Å². The molecular weight excluding hydrogens is 260 g/mol. The molecule has 4 nitrogen and oxygen atoms in total. The van der Waals surface area contributed by atoms with Crippen LogP contribution in [0.4, 0.5) is 5.69 Å². The van der Waals surface area contributed by atoms with Crippen molar-refractivity contribution < 1.29 is 0 Å². The van der Waals surface area contributed by atoms with Crippen molar-refractivity contribution in [3.05, 3.63) is 60.4 Å². The largest absolute Gasteiger partial charge is 0.360 e. The number of para-hydroxylation sites is 1. The third-order valence-electron chi connectivity index (χ3n) is 3.38. The van der Waals surface area contributed by atoms with E-state index in [4.69, 9.17) is 11.0 Å². The lowest BCUT2D eigenvalue weighted by atomic mass is 10.0. The average Bonchev–Trinajstić information content (AvgIpc) is 2.52. The van der Waals surface area contributed by atoms with Crippen LogP contribution in [0.15, 0.2) is 54.7 Å². The van der Waals surface area contributed by atoms with Crippen LogP contribution in [-0.2, 0) is 0 Å². The lowest BCUT2D eigenvalue weighted by Gasteiger charge is -2.35. The number of hydrogen-bond acceptors (Lipinski definition) is 4. The number of benzene rings is 1. The van der Waals surface area contributed by atoms with Crippen molar-refractivity contribution in [1.29, 1.82) is 5.26 Å². The lowest BCUT2D eigenvalue weighted by molar-refractivity contribution is 0.520. The second-order valence-corrected chi connectivity index (χ2v) is 5.00. The number of anilines is 1. The molecule has 0 aliphatic carbocycles. The maximum Gasteiger partial charge on any atom is 0.0861 e. The van der Waals surface area contributed by atoms with Gasteiger partial charge in [0.25, 0.3) is 0 Å². The SMILES string of the molecule is CC(N)C(c1ccccn1)N(CCC#N)c1ccccc1. The topological polar surface area (TPSA) is 65.9 Å². The van der Waals surface area contributed by atoms with Crippen LogP contribution in [0.3, 0.4) is 0 Å². The molecule has 0 fully saturated rings. The Morgan fingerprint density at radius 2 is 1.90 bits per heavy atom. The summed E-state index contributed by atoms with van der Waals surface area (Å²) in [6.45, 7) is 2.60. The van der Waals surface area contributed by atoms with Gasteiger partial charge in [-0.3, -0.25) is 4.98 Å². The number of pyridine rings is 1. The third-order valence-corrected chi connectivity index (χ3v) is 3.38. The fraction of sp³-hybridized carbons (Fsp3) is 0.294. The van der Waals surface area contributed by atoms with E-state index in [1.54, 1.807) is 6.20 Å². The van der Waals surface area contributed by atoms with E-state index in [2.05, 4.69) is 16.0 Å². The van der Waals surface area contributed by atoms with E-state index in [0.717, 1.165) is 11.4 Å². The molecule has 0 aliphatic heterocycles. The Morgan fingerprint density at radius 3 is 2.48 bits per heavy atom. The van der Waals surface area contributed by atoms with E-state index in [1.165, 1.54) is 0 Å². The first-order valence-corrected chi connectivity index (χ1v) is 7.09. The van der Waals surface area contributed by atoms with Crippen molar-refractivity contribution in [1.82, 2.24) is 4.98 Å². The van der Waals surface area contributed by atoms with Gasteiger partial charge in [-0.1, -0.05) is 24.3 Å². The minimum absolute atomic E-state index is 0.0538. The van der Waals surface area contributed by atoms with Gasteiger partial charge in [0.15, 0.2) is 0 Å². The summed E-state index contributed by atoms with van der Waals surface area (Å²) in [6, 6.07) is 17.9. The second-order valence-electron chi connectivity index (χ2n) is 5.00. The molecule has 0 amide bonds. The fourth-order valence-electron chi connectivity index (χ4n) is 2.48. The third kappa shape index (κ3) is 3.80. The standard InChI is InChI=1S/C17H20N4/c1-14(19)17(16-10-5-6-12-20-16)21(13-7-11-18)15-8-3-2-4-9-15/h2-6,8-10,12,14,17H,7,13,19H2,1H3. The highest BCUT2D eigenvalue weighted by Gasteiger charge is 2.25. The van der Waals surface area contributed by atoms with Crippen molar-refractivity contribution in [2.45, 2.75) is 25.4 Å². The molecule has 21 heavy (non-hydrogen) atoms. The molecule has 2 aromatic rings. The molecular formula is C17H20N4. The molecule has 108 valence electrons. The summed E-state index contributed by atoms with van der Waals surface area (Å²) in [7, 11) is 0. The summed E-state index contributed by atoms with van der Waals surface area (Å²) in [5.74, 6) is 0. The summed E-state index contributed by atoms with van der Waals surface area (Å²) in [5, 5.41) is 8.93. The van der Waals surface area contributed by atoms with Crippen molar-refractivity contribution in [2.24, 2.45) is 5.73 Å². The van der Waals surface area contributed by atoms with Crippen molar-refractivity contribution in [3.63, 3.8) is 0 Å². The van der Waals surface area contributed by atoms with E-state index >= 15 is 0 Å². The van der Waals surface area contributed by atoms with Gasteiger partial charge in [-0.2, -0.15) is 5.26 Å². The number of hydrogen-bond donors (Lipinski definition) is 1. The first-order chi connectivity index (χ1) is 10.2. The molecule has 0 aliphatic rings. The van der Waals surface area contributed by atoms with Crippen molar-refractivity contribution in [3.8, 4) is 6.07 Å². The van der Waals surface area contributed by atoms with Crippen LogP contribution in [0.1, 0.15) is 25.1 Å².